The van der Waals surface area contributed by atoms with Crippen LogP contribution in [0.25, 0.3) is 22.3 Å². The first-order chi connectivity index (χ1) is 11.7. The number of carbonyl (C=O) groups excluding carboxylic acids is 1. The predicted molar refractivity (Wildman–Crippen MR) is 91.4 cm³/mol. The molecule has 2 aromatic heterocycles. The highest BCUT2D eigenvalue weighted by molar-refractivity contribution is 5.97. The zero-order chi connectivity index (χ0) is 17.1. The fourth-order valence-corrected chi connectivity index (χ4v) is 3.00. The molecule has 7 heteroatoms. The summed E-state index contributed by atoms with van der Waals surface area (Å²) >= 11 is 0. The van der Waals surface area contributed by atoms with E-state index < -0.39 is 5.91 Å². The van der Waals surface area contributed by atoms with Gasteiger partial charge >= 0.3 is 0 Å². The van der Waals surface area contributed by atoms with Crippen molar-refractivity contribution in [1.29, 1.82) is 0 Å². The fraction of sp³-hybridized carbons (Fsp3) is 0.235. The maximum atomic E-state index is 11.4. The third kappa shape index (κ3) is 2.75. The molecule has 5 N–H and O–H groups in total. The van der Waals surface area contributed by atoms with Gasteiger partial charge in [0.2, 0.25) is 5.91 Å². The number of rotatable bonds is 2. The Labute approximate surface area is 138 Å². The molecule has 0 bridgehead atoms. The number of hydrogen-bond donors (Lipinski definition) is 4. The number of aliphatic hydroxyl groups excluding tert-OH is 1. The van der Waals surface area contributed by atoms with Gasteiger partial charge in [0.15, 0.2) is 5.65 Å². The Morgan fingerprint density at radius 2 is 2.17 bits per heavy atom. The van der Waals surface area contributed by atoms with Gasteiger partial charge in [0.1, 0.15) is 0 Å². The standard InChI is InChI=1S/C16H15N5O.CH4O/c17-15(22)10-3-1-2-9(6-10)14-13-12-4-5-18-7-11(12)8-19-16(13)21-20-14;1-2/h1-3,6,8,18H,4-5,7H2,(H2,17,22)(H,19,20,21);2H,1H3. The molecule has 1 aliphatic heterocycles. The number of primary amides is 1. The second-order valence-corrected chi connectivity index (χ2v) is 5.43. The number of aromatic nitrogens is 3. The van der Waals surface area contributed by atoms with Gasteiger partial charge in [-0.1, -0.05) is 12.1 Å². The molecule has 124 valence electrons. The van der Waals surface area contributed by atoms with E-state index in [9.17, 15) is 4.79 Å². The molecule has 0 spiro atoms. The van der Waals surface area contributed by atoms with Crippen molar-refractivity contribution in [3.05, 3.63) is 47.2 Å². The number of amides is 1. The highest BCUT2D eigenvalue weighted by Crippen LogP contribution is 2.31. The summed E-state index contributed by atoms with van der Waals surface area (Å²) in [5.41, 5.74) is 10.8. The molecule has 24 heavy (non-hydrogen) atoms. The Hall–Kier alpha value is -2.77. The number of benzene rings is 1. The first kappa shape index (κ1) is 16.1. The maximum absolute atomic E-state index is 11.4. The minimum absolute atomic E-state index is 0.435. The summed E-state index contributed by atoms with van der Waals surface area (Å²) in [6.45, 7) is 1.77. The number of aliphatic hydroxyl groups is 1. The number of nitrogens with two attached hydrogens (primary N) is 1. The second-order valence-electron chi connectivity index (χ2n) is 5.43. The number of aromatic amines is 1. The van der Waals surface area contributed by atoms with E-state index in [0.717, 1.165) is 43.3 Å². The summed E-state index contributed by atoms with van der Waals surface area (Å²) in [7, 11) is 1.00. The molecule has 0 radical (unpaired) electrons. The van der Waals surface area contributed by atoms with Crippen molar-refractivity contribution in [3.63, 3.8) is 0 Å². The van der Waals surface area contributed by atoms with Crippen molar-refractivity contribution in [2.75, 3.05) is 13.7 Å². The lowest BCUT2D eigenvalue weighted by Gasteiger charge is -2.17. The zero-order valence-electron chi connectivity index (χ0n) is 13.3. The van der Waals surface area contributed by atoms with Crippen molar-refractivity contribution in [3.8, 4) is 11.3 Å². The number of hydrogen-bond acceptors (Lipinski definition) is 5. The molecule has 0 atom stereocenters. The smallest absolute Gasteiger partial charge is 0.248 e. The van der Waals surface area contributed by atoms with Crippen LogP contribution in [-0.2, 0) is 13.0 Å². The van der Waals surface area contributed by atoms with Crippen LogP contribution in [0.15, 0.2) is 30.5 Å². The number of nitrogens with one attached hydrogen (secondary N) is 2. The molecular weight excluding hydrogens is 306 g/mol. The molecule has 0 fully saturated rings. The fourth-order valence-electron chi connectivity index (χ4n) is 3.00. The van der Waals surface area contributed by atoms with Gasteiger partial charge in [-0.15, -0.1) is 0 Å². The van der Waals surface area contributed by atoms with Crippen molar-refractivity contribution < 1.29 is 9.90 Å². The topological polar surface area (TPSA) is 117 Å². The number of nitrogens with zero attached hydrogens (tertiary/aromatic N) is 2. The van der Waals surface area contributed by atoms with Crippen LogP contribution in [-0.4, -0.2) is 39.8 Å². The van der Waals surface area contributed by atoms with Gasteiger partial charge in [-0.25, -0.2) is 4.98 Å². The summed E-state index contributed by atoms with van der Waals surface area (Å²) in [6, 6.07) is 7.27. The van der Waals surface area contributed by atoms with Gasteiger partial charge < -0.3 is 16.2 Å². The summed E-state index contributed by atoms with van der Waals surface area (Å²) in [4.78, 5) is 15.8. The van der Waals surface area contributed by atoms with E-state index in [1.54, 1.807) is 12.1 Å². The molecule has 0 saturated heterocycles. The van der Waals surface area contributed by atoms with E-state index in [1.807, 2.05) is 18.3 Å². The summed E-state index contributed by atoms with van der Waals surface area (Å²) in [5, 5.41) is 18.8. The van der Waals surface area contributed by atoms with Crippen LogP contribution < -0.4 is 11.1 Å². The molecule has 4 rings (SSSR count). The maximum Gasteiger partial charge on any atom is 0.248 e. The summed E-state index contributed by atoms with van der Waals surface area (Å²) in [6.07, 6.45) is 2.82. The van der Waals surface area contributed by atoms with E-state index in [0.29, 0.717) is 11.2 Å². The predicted octanol–water partition coefficient (Wildman–Crippen LogP) is 0.978. The minimum Gasteiger partial charge on any atom is -0.400 e. The van der Waals surface area contributed by atoms with Crippen LogP contribution in [0.4, 0.5) is 0 Å². The molecule has 1 aliphatic rings. The first-order valence-electron chi connectivity index (χ1n) is 7.64. The lowest BCUT2D eigenvalue weighted by Crippen LogP contribution is -2.23. The van der Waals surface area contributed by atoms with E-state index in [-0.39, 0.29) is 0 Å². The molecular formula is C17H19N5O2. The van der Waals surface area contributed by atoms with Crippen molar-refractivity contribution in [2.45, 2.75) is 13.0 Å². The zero-order valence-corrected chi connectivity index (χ0v) is 13.3. The van der Waals surface area contributed by atoms with E-state index in [1.165, 1.54) is 11.1 Å². The molecule has 7 nitrogen and oxygen atoms in total. The molecule has 0 aliphatic carbocycles. The Bertz CT molecular complexity index is 888. The average molecular weight is 325 g/mol. The second kappa shape index (κ2) is 6.77. The molecule has 3 aromatic rings. The van der Waals surface area contributed by atoms with Crippen LogP contribution in [0.3, 0.4) is 0 Å². The van der Waals surface area contributed by atoms with Gasteiger partial charge in [0, 0.05) is 31.0 Å². The van der Waals surface area contributed by atoms with E-state index in [4.69, 9.17) is 10.8 Å². The number of fused-ring (bicyclic) bond motifs is 3. The van der Waals surface area contributed by atoms with Crippen LogP contribution in [0.1, 0.15) is 21.5 Å². The summed E-state index contributed by atoms with van der Waals surface area (Å²) in [5.74, 6) is -0.435. The average Bonchev–Trinajstić information content (AvgIpc) is 3.08. The van der Waals surface area contributed by atoms with Crippen molar-refractivity contribution >= 4 is 16.9 Å². The number of carbonyl (C=O) groups is 1. The highest BCUT2D eigenvalue weighted by Gasteiger charge is 2.19. The normalized spacial score (nSPS) is 13.1. The van der Waals surface area contributed by atoms with E-state index in [2.05, 4.69) is 20.5 Å². The molecule has 1 amide bonds. The lowest BCUT2D eigenvalue weighted by molar-refractivity contribution is 0.100. The van der Waals surface area contributed by atoms with Gasteiger partial charge in [-0.2, -0.15) is 5.10 Å². The van der Waals surface area contributed by atoms with Gasteiger partial charge in [0.25, 0.3) is 0 Å². The Kier molecular flexibility index (Phi) is 4.54. The van der Waals surface area contributed by atoms with Crippen LogP contribution in [0.2, 0.25) is 0 Å². The molecule has 0 saturated carbocycles. The first-order valence-corrected chi connectivity index (χ1v) is 7.64. The number of H-pyrrole nitrogens is 1. The summed E-state index contributed by atoms with van der Waals surface area (Å²) < 4.78 is 0. The third-order valence-corrected chi connectivity index (χ3v) is 4.08. The van der Waals surface area contributed by atoms with Crippen molar-refractivity contribution in [1.82, 2.24) is 20.5 Å². The SMILES string of the molecule is CO.NC(=O)c1cccc(-c2[nH]nc3ncc4c(c23)CCNC4)c1. The largest absolute Gasteiger partial charge is 0.400 e. The van der Waals surface area contributed by atoms with E-state index >= 15 is 0 Å². The van der Waals surface area contributed by atoms with Crippen LogP contribution in [0, 0.1) is 0 Å². The van der Waals surface area contributed by atoms with Gasteiger partial charge in [-0.05, 0) is 36.2 Å². The van der Waals surface area contributed by atoms with Gasteiger partial charge in [0.05, 0.1) is 11.1 Å². The monoisotopic (exact) mass is 325 g/mol. The van der Waals surface area contributed by atoms with Crippen LogP contribution >= 0.6 is 0 Å². The van der Waals surface area contributed by atoms with Crippen LogP contribution in [0.5, 0.6) is 0 Å². The third-order valence-electron chi connectivity index (χ3n) is 4.08. The quantitative estimate of drug-likeness (QED) is 0.560. The molecule has 3 heterocycles. The molecule has 0 unspecified atom stereocenters. The number of pyridine rings is 1. The van der Waals surface area contributed by atoms with Crippen molar-refractivity contribution in [2.24, 2.45) is 5.73 Å². The Balaban J connectivity index is 0.000000815. The molecule has 1 aromatic carbocycles. The minimum atomic E-state index is -0.435. The highest BCUT2D eigenvalue weighted by atomic mass is 16.2. The van der Waals surface area contributed by atoms with Gasteiger partial charge in [-0.3, -0.25) is 9.89 Å². The Morgan fingerprint density at radius 1 is 1.33 bits per heavy atom. The lowest BCUT2D eigenvalue weighted by atomic mass is 9.96. The Morgan fingerprint density at radius 3 is 2.96 bits per heavy atom.